The average molecular weight is 254 g/mol. The van der Waals surface area contributed by atoms with Crippen molar-refractivity contribution in [3.05, 3.63) is 35.6 Å². The number of hydrogen-bond donors (Lipinski definition) is 0. The summed E-state index contributed by atoms with van der Waals surface area (Å²) in [4.78, 5) is 11.7. The first-order chi connectivity index (χ1) is 8.13. The summed E-state index contributed by atoms with van der Waals surface area (Å²) >= 11 is 1.90. The van der Waals surface area contributed by atoms with Crippen LogP contribution in [0.5, 0.6) is 0 Å². The molecule has 0 amide bonds. The zero-order valence-corrected chi connectivity index (χ0v) is 11.2. The third-order valence-corrected chi connectivity index (χ3v) is 4.12. The van der Waals surface area contributed by atoms with Crippen LogP contribution in [-0.4, -0.2) is 16.8 Å². The highest BCUT2D eigenvalue weighted by molar-refractivity contribution is 7.99. The molecule has 3 heteroatoms. The van der Waals surface area contributed by atoms with E-state index in [-0.39, 0.29) is 11.6 Å². The molecular weight excluding hydrogens is 235 g/mol. The molecule has 0 aliphatic heterocycles. The molecule has 1 aromatic carbocycles. The van der Waals surface area contributed by atoms with E-state index in [9.17, 15) is 9.18 Å². The summed E-state index contributed by atoms with van der Waals surface area (Å²) in [5.74, 6) is 0.825. The van der Waals surface area contributed by atoms with Crippen molar-refractivity contribution < 1.29 is 9.18 Å². The lowest BCUT2D eigenvalue weighted by atomic mass is 10.1. The minimum Gasteiger partial charge on any atom is -0.294 e. The van der Waals surface area contributed by atoms with Crippen LogP contribution in [0.25, 0.3) is 0 Å². The van der Waals surface area contributed by atoms with E-state index in [0.717, 1.165) is 18.6 Å². The van der Waals surface area contributed by atoms with E-state index in [1.807, 2.05) is 11.8 Å². The number of carbonyl (C=O) groups excluding carboxylic acids is 1. The monoisotopic (exact) mass is 254 g/mol. The molecule has 0 radical (unpaired) electrons. The number of benzene rings is 1. The van der Waals surface area contributed by atoms with Crippen molar-refractivity contribution in [2.75, 3.05) is 5.75 Å². The van der Waals surface area contributed by atoms with Gasteiger partial charge in [-0.3, -0.25) is 4.79 Å². The normalized spacial score (nSPS) is 12.4. The summed E-state index contributed by atoms with van der Waals surface area (Å²) in [5.41, 5.74) is 0.611. The van der Waals surface area contributed by atoms with Crippen LogP contribution in [-0.2, 0) is 0 Å². The standard InChI is InChI=1S/C14H19FOS/c1-3-11(2)17-10-4-5-14(16)12-6-8-13(15)9-7-12/h6-9,11H,3-5,10H2,1-2H3. The van der Waals surface area contributed by atoms with E-state index in [2.05, 4.69) is 13.8 Å². The lowest BCUT2D eigenvalue weighted by Gasteiger charge is -2.07. The van der Waals surface area contributed by atoms with Gasteiger partial charge in [0, 0.05) is 17.2 Å². The number of hydrogen-bond acceptors (Lipinski definition) is 2. The minimum atomic E-state index is -0.297. The smallest absolute Gasteiger partial charge is 0.162 e. The zero-order valence-electron chi connectivity index (χ0n) is 10.4. The number of halogens is 1. The highest BCUT2D eigenvalue weighted by atomic mass is 32.2. The molecule has 1 unspecified atom stereocenters. The Hall–Kier alpha value is -0.830. The number of thioether (sulfide) groups is 1. The molecule has 1 nitrogen and oxygen atoms in total. The summed E-state index contributed by atoms with van der Waals surface area (Å²) < 4.78 is 12.7. The Balaban J connectivity index is 2.28. The predicted molar refractivity (Wildman–Crippen MR) is 72.2 cm³/mol. The largest absolute Gasteiger partial charge is 0.294 e. The Labute approximate surface area is 107 Å². The molecule has 0 aliphatic carbocycles. The first-order valence-corrected chi connectivity index (χ1v) is 7.08. The lowest BCUT2D eigenvalue weighted by Crippen LogP contribution is -2.01. The molecule has 0 saturated carbocycles. The predicted octanol–water partition coefficient (Wildman–Crippen LogP) is 4.32. The molecule has 17 heavy (non-hydrogen) atoms. The lowest BCUT2D eigenvalue weighted by molar-refractivity contribution is 0.0982. The minimum absolute atomic E-state index is 0.106. The fraction of sp³-hybridized carbons (Fsp3) is 0.500. The molecule has 0 N–H and O–H groups in total. The zero-order chi connectivity index (χ0) is 12.7. The van der Waals surface area contributed by atoms with Gasteiger partial charge >= 0.3 is 0 Å². The molecule has 0 saturated heterocycles. The summed E-state index contributed by atoms with van der Waals surface area (Å²) in [6.07, 6.45) is 2.61. The second-order valence-corrected chi connectivity index (χ2v) is 5.67. The Morgan fingerprint density at radius 3 is 2.59 bits per heavy atom. The van der Waals surface area contributed by atoms with Crippen molar-refractivity contribution in [2.45, 2.75) is 38.4 Å². The Morgan fingerprint density at radius 1 is 1.35 bits per heavy atom. The first-order valence-electron chi connectivity index (χ1n) is 6.04. The molecule has 0 aromatic heterocycles. The van der Waals surface area contributed by atoms with Gasteiger partial charge in [0.1, 0.15) is 5.82 Å². The third kappa shape index (κ3) is 5.35. The fourth-order valence-electron chi connectivity index (χ4n) is 1.42. The van der Waals surface area contributed by atoms with Crippen molar-refractivity contribution in [1.82, 2.24) is 0 Å². The van der Waals surface area contributed by atoms with E-state index >= 15 is 0 Å². The Bertz CT molecular complexity index is 348. The van der Waals surface area contributed by atoms with Crippen molar-refractivity contribution in [1.29, 1.82) is 0 Å². The Kier molecular flexibility index (Phi) is 6.27. The maximum atomic E-state index is 12.7. The van der Waals surface area contributed by atoms with Gasteiger partial charge in [-0.15, -0.1) is 0 Å². The van der Waals surface area contributed by atoms with Crippen LogP contribution >= 0.6 is 11.8 Å². The summed E-state index contributed by atoms with van der Waals surface area (Å²) in [5, 5.41) is 0.663. The number of Topliss-reactive ketones (excluding diaryl/α,β-unsaturated/α-hetero) is 1. The SMILES string of the molecule is CCC(C)SCCCC(=O)c1ccc(F)cc1. The molecule has 0 aliphatic rings. The van der Waals surface area contributed by atoms with E-state index < -0.39 is 0 Å². The van der Waals surface area contributed by atoms with E-state index in [1.165, 1.54) is 12.1 Å². The molecule has 1 rings (SSSR count). The second kappa shape index (κ2) is 7.49. The first kappa shape index (κ1) is 14.2. The highest BCUT2D eigenvalue weighted by Gasteiger charge is 2.06. The molecule has 1 atom stereocenters. The summed E-state index contributed by atoms with van der Waals surface area (Å²) in [7, 11) is 0. The maximum absolute atomic E-state index is 12.7. The maximum Gasteiger partial charge on any atom is 0.162 e. The number of rotatable bonds is 7. The van der Waals surface area contributed by atoms with Crippen molar-refractivity contribution in [2.24, 2.45) is 0 Å². The van der Waals surface area contributed by atoms with E-state index in [4.69, 9.17) is 0 Å². The molecule has 0 fully saturated rings. The van der Waals surface area contributed by atoms with Gasteiger partial charge in [-0.25, -0.2) is 4.39 Å². The van der Waals surface area contributed by atoms with Crippen LogP contribution in [0.4, 0.5) is 4.39 Å². The van der Waals surface area contributed by atoms with Gasteiger partial charge in [0.2, 0.25) is 0 Å². The molecule has 94 valence electrons. The topological polar surface area (TPSA) is 17.1 Å². The Morgan fingerprint density at radius 2 is 2.00 bits per heavy atom. The van der Waals surface area contributed by atoms with Gasteiger partial charge < -0.3 is 0 Å². The van der Waals surface area contributed by atoms with Crippen molar-refractivity contribution in [3.8, 4) is 0 Å². The van der Waals surface area contributed by atoms with Gasteiger partial charge in [0.15, 0.2) is 5.78 Å². The van der Waals surface area contributed by atoms with Crippen LogP contribution < -0.4 is 0 Å². The van der Waals surface area contributed by atoms with Gasteiger partial charge in [0.05, 0.1) is 0 Å². The van der Waals surface area contributed by atoms with Gasteiger partial charge in [-0.2, -0.15) is 11.8 Å². The molecule has 0 spiro atoms. The van der Waals surface area contributed by atoms with E-state index in [0.29, 0.717) is 17.2 Å². The van der Waals surface area contributed by atoms with Crippen LogP contribution in [0.2, 0.25) is 0 Å². The summed E-state index contributed by atoms with van der Waals surface area (Å²) in [6, 6.07) is 5.78. The second-order valence-electron chi connectivity index (χ2n) is 4.12. The van der Waals surface area contributed by atoms with Gasteiger partial charge in [-0.1, -0.05) is 13.8 Å². The van der Waals surface area contributed by atoms with Gasteiger partial charge in [-0.05, 0) is 42.9 Å². The average Bonchev–Trinajstić information content (AvgIpc) is 2.34. The van der Waals surface area contributed by atoms with Crippen LogP contribution in [0.1, 0.15) is 43.5 Å². The highest BCUT2D eigenvalue weighted by Crippen LogP contribution is 2.16. The number of carbonyl (C=O) groups is 1. The van der Waals surface area contributed by atoms with Crippen LogP contribution in [0.3, 0.4) is 0 Å². The fourth-order valence-corrected chi connectivity index (χ4v) is 2.36. The van der Waals surface area contributed by atoms with Crippen molar-refractivity contribution in [3.63, 3.8) is 0 Å². The quantitative estimate of drug-likeness (QED) is 0.532. The molecule has 0 heterocycles. The number of ketones is 1. The van der Waals surface area contributed by atoms with E-state index in [1.54, 1.807) is 12.1 Å². The third-order valence-electron chi connectivity index (χ3n) is 2.69. The molecule has 0 bridgehead atoms. The summed E-state index contributed by atoms with van der Waals surface area (Å²) in [6.45, 7) is 4.37. The molecular formula is C14H19FOS. The van der Waals surface area contributed by atoms with Crippen LogP contribution in [0.15, 0.2) is 24.3 Å². The van der Waals surface area contributed by atoms with Crippen molar-refractivity contribution >= 4 is 17.5 Å². The van der Waals surface area contributed by atoms with Crippen LogP contribution in [0, 0.1) is 5.82 Å². The van der Waals surface area contributed by atoms with Gasteiger partial charge in [0.25, 0.3) is 0 Å². The molecule has 1 aromatic rings.